The Kier molecular flexibility index (Phi) is 6.84. The molecular formula is C24H24FNO5. The Morgan fingerprint density at radius 1 is 1.10 bits per heavy atom. The normalized spacial score (nSPS) is 18.3. The maximum Gasteiger partial charge on any atom is 0.313 e. The lowest BCUT2D eigenvalue weighted by Gasteiger charge is -2.22. The van der Waals surface area contributed by atoms with Crippen LogP contribution in [0, 0.1) is 18.7 Å². The van der Waals surface area contributed by atoms with Crippen molar-refractivity contribution in [3.63, 3.8) is 0 Å². The third-order valence-corrected chi connectivity index (χ3v) is 5.34. The monoisotopic (exact) mass is 425 g/mol. The average Bonchev–Trinajstić information content (AvgIpc) is 3.18. The molecule has 162 valence electrons. The second kappa shape index (κ2) is 9.55. The molecule has 3 unspecified atom stereocenters. The van der Waals surface area contributed by atoms with Gasteiger partial charge in [0.1, 0.15) is 11.6 Å². The number of allylic oxidation sites excluding steroid dienone is 1. The minimum atomic E-state index is -0.807. The van der Waals surface area contributed by atoms with Crippen LogP contribution in [0.15, 0.2) is 54.6 Å². The van der Waals surface area contributed by atoms with E-state index in [0.29, 0.717) is 23.3 Å². The lowest BCUT2D eigenvalue weighted by molar-refractivity contribution is -0.143. The Morgan fingerprint density at radius 3 is 2.52 bits per heavy atom. The van der Waals surface area contributed by atoms with Crippen molar-refractivity contribution in [2.45, 2.75) is 32.2 Å². The maximum atomic E-state index is 14.4. The van der Waals surface area contributed by atoms with E-state index in [1.54, 1.807) is 55.5 Å². The number of carbonyl (C=O) groups is 3. The van der Waals surface area contributed by atoms with Crippen LogP contribution in [0.3, 0.4) is 0 Å². The van der Waals surface area contributed by atoms with Gasteiger partial charge < -0.3 is 14.8 Å². The first-order valence-corrected chi connectivity index (χ1v) is 9.91. The molecule has 6 nitrogen and oxygen atoms in total. The van der Waals surface area contributed by atoms with E-state index in [2.05, 4.69) is 5.32 Å². The minimum Gasteiger partial charge on any atom is -0.469 e. The maximum absolute atomic E-state index is 14.4. The van der Waals surface area contributed by atoms with E-state index in [1.165, 1.54) is 20.1 Å². The predicted octanol–water partition coefficient (Wildman–Crippen LogP) is 3.69. The fourth-order valence-corrected chi connectivity index (χ4v) is 3.84. The van der Waals surface area contributed by atoms with Crippen LogP contribution >= 0.6 is 0 Å². The molecule has 0 radical (unpaired) electrons. The Hall–Kier alpha value is -3.48. The molecule has 31 heavy (non-hydrogen) atoms. The molecule has 7 heteroatoms. The second-order valence-corrected chi connectivity index (χ2v) is 7.41. The molecule has 3 atom stereocenters. The number of methoxy groups -OCH3 is 1. The number of rotatable bonds is 6. The van der Waals surface area contributed by atoms with Gasteiger partial charge >= 0.3 is 11.9 Å². The van der Waals surface area contributed by atoms with Crippen LogP contribution in [-0.2, 0) is 14.3 Å². The van der Waals surface area contributed by atoms with Crippen LogP contribution in [-0.4, -0.2) is 31.0 Å². The van der Waals surface area contributed by atoms with E-state index in [0.717, 1.165) is 0 Å². The molecule has 0 bridgehead atoms. The van der Waals surface area contributed by atoms with Gasteiger partial charge in [0.25, 0.3) is 5.91 Å². The summed E-state index contributed by atoms with van der Waals surface area (Å²) in [4.78, 5) is 36.5. The topological polar surface area (TPSA) is 81.7 Å². The van der Waals surface area contributed by atoms with Gasteiger partial charge in [-0.1, -0.05) is 36.4 Å². The molecule has 0 saturated carbocycles. The number of ether oxygens (including phenoxy) is 2. The Bertz CT molecular complexity index is 1030. The van der Waals surface area contributed by atoms with E-state index in [-0.39, 0.29) is 23.4 Å². The number of benzene rings is 2. The minimum absolute atomic E-state index is 0.265. The molecule has 0 heterocycles. The average molecular weight is 425 g/mol. The molecule has 3 rings (SSSR count). The highest BCUT2D eigenvalue weighted by atomic mass is 19.1. The molecule has 0 fully saturated rings. The number of amides is 1. The van der Waals surface area contributed by atoms with Gasteiger partial charge in [-0.2, -0.15) is 0 Å². The molecule has 2 aromatic carbocycles. The number of esters is 2. The van der Waals surface area contributed by atoms with Gasteiger partial charge in [-0.05, 0) is 37.5 Å². The molecule has 0 aromatic heterocycles. The first kappa shape index (κ1) is 22.2. The van der Waals surface area contributed by atoms with Crippen LogP contribution < -0.4 is 10.1 Å². The highest BCUT2D eigenvalue weighted by Crippen LogP contribution is 2.35. The quantitative estimate of drug-likeness (QED) is 0.434. The molecule has 0 saturated heterocycles. The summed E-state index contributed by atoms with van der Waals surface area (Å²) in [6, 6.07) is 10.7. The van der Waals surface area contributed by atoms with Gasteiger partial charge in [0.15, 0.2) is 0 Å². The number of hydrogen-bond donors (Lipinski definition) is 1. The van der Waals surface area contributed by atoms with Crippen molar-refractivity contribution in [1.29, 1.82) is 0 Å². The number of halogens is 1. The van der Waals surface area contributed by atoms with Crippen LogP contribution in [0.1, 0.15) is 40.7 Å². The fourth-order valence-electron chi connectivity index (χ4n) is 3.84. The van der Waals surface area contributed by atoms with Crippen molar-refractivity contribution < 1.29 is 28.2 Å². The zero-order chi connectivity index (χ0) is 22.5. The Labute approximate surface area is 180 Å². The van der Waals surface area contributed by atoms with Crippen molar-refractivity contribution >= 4 is 17.8 Å². The third kappa shape index (κ3) is 4.99. The van der Waals surface area contributed by atoms with E-state index < -0.39 is 23.7 Å². The highest BCUT2D eigenvalue weighted by molar-refractivity contribution is 5.96. The lowest BCUT2D eigenvalue weighted by atomic mass is 9.85. The van der Waals surface area contributed by atoms with Crippen molar-refractivity contribution in [2.75, 3.05) is 7.11 Å². The molecular weight excluding hydrogens is 401 g/mol. The second-order valence-electron chi connectivity index (χ2n) is 7.41. The summed E-state index contributed by atoms with van der Waals surface area (Å²) < 4.78 is 24.4. The van der Waals surface area contributed by atoms with Crippen LogP contribution in [0.25, 0.3) is 0 Å². The molecule has 0 spiro atoms. The van der Waals surface area contributed by atoms with Gasteiger partial charge in [-0.3, -0.25) is 14.4 Å². The van der Waals surface area contributed by atoms with Crippen molar-refractivity contribution in [3.8, 4) is 5.75 Å². The van der Waals surface area contributed by atoms with Gasteiger partial charge in [-0.25, -0.2) is 4.39 Å². The number of carbonyl (C=O) groups excluding carboxylic acids is 3. The van der Waals surface area contributed by atoms with Crippen LogP contribution in [0.4, 0.5) is 4.39 Å². The summed E-state index contributed by atoms with van der Waals surface area (Å²) in [7, 11) is 1.27. The smallest absolute Gasteiger partial charge is 0.313 e. The lowest BCUT2D eigenvalue weighted by Crippen LogP contribution is -2.34. The third-order valence-electron chi connectivity index (χ3n) is 5.34. The zero-order valence-corrected chi connectivity index (χ0v) is 17.6. The Balaban J connectivity index is 1.74. The molecule has 1 aliphatic carbocycles. The van der Waals surface area contributed by atoms with E-state index in [4.69, 9.17) is 9.47 Å². The Morgan fingerprint density at radius 2 is 1.84 bits per heavy atom. The largest absolute Gasteiger partial charge is 0.469 e. The number of nitrogens with one attached hydrogen (secondary N) is 1. The number of hydrogen-bond acceptors (Lipinski definition) is 5. The van der Waals surface area contributed by atoms with Crippen LogP contribution in [0.5, 0.6) is 5.75 Å². The summed E-state index contributed by atoms with van der Waals surface area (Å²) in [5.74, 6) is -2.62. The first-order chi connectivity index (χ1) is 14.8. The van der Waals surface area contributed by atoms with Gasteiger partial charge in [0.2, 0.25) is 0 Å². The molecule has 0 aliphatic heterocycles. The van der Waals surface area contributed by atoms with E-state index >= 15 is 0 Å². The summed E-state index contributed by atoms with van der Waals surface area (Å²) in [5, 5.41) is 2.91. The van der Waals surface area contributed by atoms with Gasteiger partial charge in [0, 0.05) is 29.7 Å². The summed E-state index contributed by atoms with van der Waals surface area (Å²) in [5.41, 5.74) is 1.20. The zero-order valence-electron chi connectivity index (χ0n) is 17.6. The predicted molar refractivity (Wildman–Crippen MR) is 112 cm³/mol. The van der Waals surface area contributed by atoms with Crippen LogP contribution in [0.2, 0.25) is 0 Å². The molecule has 2 aromatic rings. The summed E-state index contributed by atoms with van der Waals surface area (Å²) in [6.07, 6.45) is 4.02. The molecule has 1 aliphatic rings. The van der Waals surface area contributed by atoms with E-state index in [1.807, 2.05) is 0 Å². The molecule has 1 amide bonds. The van der Waals surface area contributed by atoms with Crippen molar-refractivity contribution in [1.82, 2.24) is 5.32 Å². The van der Waals surface area contributed by atoms with Gasteiger partial charge in [-0.15, -0.1) is 0 Å². The van der Waals surface area contributed by atoms with Gasteiger partial charge in [0.05, 0.1) is 13.0 Å². The first-order valence-electron chi connectivity index (χ1n) is 9.91. The standard InChI is InChI=1S/C24H24FNO5/c1-14-18(8-6-10-21(14)31-15(2)27)23(28)26-17-12-11-16(13-17)22(24(29)30-3)19-7-4-5-9-20(19)25/h4-12,16-17,22H,13H2,1-3H3,(H,26,28). The van der Waals surface area contributed by atoms with Crippen molar-refractivity contribution in [2.24, 2.45) is 5.92 Å². The fraction of sp³-hybridized carbons (Fsp3) is 0.292. The molecule has 1 N–H and O–H groups in total. The summed E-state index contributed by atoms with van der Waals surface area (Å²) in [6.45, 7) is 2.99. The highest BCUT2D eigenvalue weighted by Gasteiger charge is 2.35. The SMILES string of the molecule is COC(=O)C(c1ccccc1F)C1C=CC(NC(=O)c2cccc(OC(C)=O)c2C)C1. The summed E-state index contributed by atoms with van der Waals surface area (Å²) >= 11 is 0. The van der Waals surface area contributed by atoms with Crippen molar-refractivity contribution in [3.05, 3.63) is 77.1 Å². The van der Waals surface area contributed by atoms with E-state index in [9.17, 15) is 18.8 Å².